The third kappa shape index (κ3) is 2.14. The number of hydrogen-bond acceptors (Lipinski definition) is 2. The molecule has 0 radical (unpaired) electrons. The van der Waals surface area contributed by atoms with Gasteiger partial charge in [-0.05, 0) is 40.8 Å². The summed E-state index contributed by atoms with van der Waals surface area (Å²) in [6.45, 7) is 0. The molecule has 0 bridgehead atoms. The van der Waals surface area contributed by atoms with Gasteiger partial charge in [-0.2, -0.15) is 0 Å². The van der Waals surface area contributed by atoms with Crippen molar-refractivity contribution in [3.05, 3.63) is 27.6 Å². The summed E-state index contributed by atoms with van der Waals surface area (Å²) in [5, 5.41) is 4.85. The normalized spacial score (nSPS) is 11.6. The first-order valence-corrected chi connectivity index (χ1v) is 5.51. The van der Waals surface area contributed by atoms with Crippen molar-refractivity contribution < 1.29 is 12.8 Å². The second-order valence-electron chi connectivity index (χ2n) is 2.12. The summed E-state index contributed by atoms with van der Waals surface area (Å²) in [7, 11) is -3.72. The van der Waals surface area contributed by atoms with Gasteiger partial charge in [0, 0.05) is 3.57 Å². The van der Waals surface area contributed by atoms with Crippen molar-refractivity contribution in [2.24, 2.45) is 5.14 Å². The van der Waals surface area contributed by atoms with Crippen LogP contribution in [0, 0.1) is 9.39 Å². The van der Waals surface area contributed by atoms with Crippen LogP contribution in [0.3, 0.4) is 0 Å². The second kappa shape index (κ2) is 3.27. The van der Waals surface area contributed by atoms with Crippen LogP contribution in [0.5, 0.6) is 0 Å². The molecule has 6 heteroatoms. The number of primary sulfonamides is 1. The highest BCUT2D eigenvalue weighted by atomic mass is 127. The molecule has 0 aliphatic carbocycles. The minimum Gasteiger partial charge on any atom is -0.225 e. The fourth-order valence-electron chi connectivity index (χ4n) is 0.706. The molecule has 0 atom stereocenters. The molecule has 2 N–H and O–H groups in total. The van der Waals surface area contributed by atoms with Crippen LogP contribution in [-0.4, -0.2) is 8.42 Å². The maximum absolute atomic E-state index is 12.5. The van der Waals surface area contributed by atoms with Gasteiger partial charge in [0.1, 0.15) is 5.82 Å². The summed E-state index contributed by atoms with van der Waals surface area (Å²) in [6.07, 6.45) is 0. The molecule has 0 fully saturated rings. The molecule has 0 aliphatic heterocycles. The fraction of sp³-hybridized carbons (Fsp3) is 0. The molecule has 1 aromatic rings. The predicted octanol–water partition coefficient (Wildman–Crippen LogP) is 1.08. The smallest absolute Gasteiger partial charge is 0.225 e. The van der Waals surface area contributed by atoms with E-state index >= 15 is 0 Å². The van der Waals surface area contributed by atoms with E-state index in [2.05, 4.69) is 0 Å². The van der Waals surface area contributed by atoms with Gasteiger partial charge in [-0.25, -0.2) is 17.9 Å². The van der Waals surface area contributed by atoms with Crippen molar-refractivity contribution in [2.45, 2.75) is 4.90 Å². The largest absolute Gasteiger partial charge is 0.239 e. The molecule has 0 heterocycles. The van der Waals surface area contributed by atoms with Gasteiger partial charge in [0.25, 0.3) is 0 Å². The van der Waals surface area contributed by atoms with Crippen LogP contribution in [0.25, 0.3) is 0 Å². The van der Waals surface area contributed by atoms with E-state index in [1.165, 1.54) is 0 Å². The van der Waals surface area contributed by atoms with Crippen LogP contribution >= 0.6 is 22.6 Å². The van der Waals surface area contributed by atoms with E-state index in [4.69, 9.17) is 5.14 Å². The lowest BCUT2D eigenvalue weighted by molar-refractivity contribution is 0.595. The van der Waals surface area contributed by atoms with Gasteiger partial charge in [-0.1, -0.05) is 0 Å². The van der Waals surface area contributed by atoms with Crippen LogP contribution in [0.15, 0.2) is 23.1 Å². The lowest BCUT2D eigenvalue weighted by Crippen LogP contribution is -2.13. The van der Waals surface area contributed by atoms with Crippen LogP contribution in [0.2, 0.25) is 0 Å². The summed E-state index contributed by atoms with van der Waals surface area (Å²) in [6, 6.07) is 3.31. The van der Waals surface area contributed by atoms with Gasteiger partial charge in [0.15, 0.2) is 0 Å². The van der Waals surface area contributed by atoms with Crippen LogP contribution < -0.4 is 5.14 Å². The van der Waals surface area contributed by atoms with E-state index in [-0.39, 0.29) is 8.47 Å². The van der Waals surface area contributed by atoms with Gasteiger partial charge in [0.2, 0.25) is 10.0 Å². The first-order valence-electron chi connectivity index (χ1n) is 2.89. The zero-order chi connectivity index (χ0) is 9.35. The number of sulfonamides is 1. The fourth-order valence-corrected chi connectivity index (χ4v) is 2.69. The quantitative estimate of drug-likeness (QED) is 0.789. The number of halogens is 2. The number of rotatable bonds is 1. The Morgan fingerprint density at radius 1 is 1.42 bits per heavy atom. The van der Waals surface area contributed by atoms with Gasteiger partial charge in [0.05, 0.1) is 4.90 Å². The molecule has 1 rings (SSSR count). The summed E-state index contributed by atoms with van der Waals surface area (Å²) < 4.78 is 34.4. The van der Waals surface area contributed by atoms with Crippen molar-refractivity contribution in [3.8, 4) is 0 Å². The molecule has 0 saturated heterocycles. The Hall–Kier alpha value is -0.210. The van der Waals surface area contributed by atoms with Crippen molar-refractivity contribution in [2.75, 3.05) is 0 Å². The standard InChI is InChI=1S/C6H5FINO2S/c7-4-1-2-6(5(8)3-4)12(9,10)11/h1-3H,(H2,9,10,11). The van der Waals surface area contributed by atoms with Gasteiger partial charge < -0.3 is 0 Å². The Balaban J connectivity index is 3.39. The molecule has 0 aromatic heterocycles. The molecule has 0 amide bonds. The maximum atomic E-state index is 12.5. The van der Waals surface area contributed by atoms with Crippen LogP contribution in [-0.2, 0) is 10.0 Å². The van der Waals surface area contributed by atoms with Crippen molar-refractivity contribution in [3.63, 3.8) is 0 Å². The summed E-state index contributed by atoms with van der Waals surface area (Å²) >= 11 is 1.71. The van der Waals surface area contributed by atoms with Gasteiger partial charge in [-0.15, -0.1) is 0 Å². The average molecular weight is 301 g/mol. The first kappa shape index (κ1) is 9.87. The highest BCUT2D eigenvalue weighted by Crippen LogP contribution is 2.17. The molecule has 3 nitrogen and oxygen atoms in total. The van der Waals surface area contributed by atoms with E-state index in [9.17, 15) is 12.8 Å². The first-order chi connectivity index (χ1) is 5.41. The molecular weight excluding hydrogens is 296 g/mol. The Bertz CT molecular complexity index is 404. The summed E-state index contributed by atoms with van der Waals surface area (Å²) in [5.41, 5.74) is 0. The maximum Gasteiger partial charge on any atom is 0.239 e. The number of nitrogens with two attached hydrogens (primary N) is 1. The highest BCUT2D eigenvalue weighted by molar-refractivity contribution is 14.1. The summed E-state index contributed by atoms with van der Waals surface area (Å²) in [5.74, 6) is -0.480. The Morgan fingerprint density at radius 3 is 2.42 bits per heavy atom. The minimum absolute atomic E-state index is 0.0514. The molecule has 0 aliphatic rings. The second-order valence-corrected chi connectivity index (χ2v) is 4.81. The SMILES string of the molecule is NS(=O)(=O)c1ccc(F)cc1I. The van der Waals surface area contributed by atoms with E-state index in [0.29, 0.717) is 0 Å². The Kier molecular flexibility index (Phi) is 2.69. The molecule has 66 valence electrons. The topological polar surface area (TPSA) is 60.2 Å². The Morgan fingerprint density at radius 2 is 2.00 bits per heavy atom. The molecule has 0 unspecified atom stereocenters. The Labute approximate surface area is 83.0 Å². The third-order valence-corrected chi connectivity index (χ3v) is 3.43. The molecule has 0 spiro atoms. The monoisotopic (exact) mass is 301 g/mol. The molecule has 0 saturated carbocycles. The highest BCUT2D eigenvalue weighted by Gasteiger charge is 2.11. The lowest BCUT2D eigenvalue weighted by Gasteiger charge is -2.00. The molecule has 1 aromatic carbocycles. The van der Waals surface area contributed by atoms with E-state index in [1.807, 2.05) is 0 Å². The minimum atomic E-state index is -3.72. The number of benzene rings is 1. The van der Waals surface area contributed by atoms with E-state index in [1.54, 1.807) is 22.6 Å². The zero-order valence-electron chi connectivity index (χ0n) is 5.79. The van der Waals surface area contributed by atoms with Crippen molar-refractivity contribution in [1.29, 1.82) is 0 Å². The van der Waals surface area contributed by atoms with Crippen LogP contribution in [0.1, 0.15) is 0 Å². The average Bonchev–Trinajstić information content (AvgIpc) is 1.83. The van der Waals surface area contributed by atoms with E-state index < -0.39 is 15.8 Å². The zero-order valence-corrected chi connectivity index (χ0v) is 8.76. The molecular formula is C6H5FINO2S. The third-order valence-electron chi connectivity index (χ3n) is 1.20. The lowest BCUT2D eigenvalue weighted by atomic mass is 10.3. The number of hydrogen-bond donors (Lipinski definition) is 1. The van der Waals surface area contributed by atoms with E-state index in [0.717, 1.165) is 18.2 Å². The predicted molar refractivity (Wildman–Crippen MR) is 50.5 cm³/mol. The van der Waals surface area contributed by atoms with Crippen LogP contribution in [0.4, 0.5) is 4.39 Å². The summed E-state index contributed by atoms with van der Waals surface area (Å²) in [4.78, 5) is -0.0514. The molecule has 12 heavy (non-hydrogen) atoms. The van der Waals surface area contributed by atoms with Crippen molar-refractivity contribution >= 4 is 32.6 Å². The van der Waals surface area contributed by atoms with Gasteiger partial charge in [-0.3, -0.25) is 0 Å². The van der Waals surface area contributed by atoms with Crippen molar-refractivity contribution in [1.82, 2.24) is 0 Å². The van der Waals surface area contributed by atoms with Gasteiger partial charge >= 0.3 is 0 Å².